The van der Waals surface area contributed by atoms with Crippen LogP contribution in [0.25, 0.3) is 0 Å². The lowest BCUT2D eigenvalue weighted by molar-refractivity contribution is -0.135. The molecule has 1 atom stereocenters. The number of nitrogens with zero attached hydrogens (tertiary/aromatic N) is 2. The van der Waals surface area contributed by atoms with Gasteiger partial charge in [0.1, 0.15) is 6.04 Å². The van der Waals surface area contributed by atoms with Gasteiger partial charge in [-0.3, -0.25) is 4.79 Å². The Morgan fingerprint density at radius 3 is 2.44 bits per heavy atom. The van der Waals surface area contributed by atoms with E-state index in [0.717, 1.165) is 32.4 Å². The molecule has 2 saturated heterocycles. The zero-order valence-corrected chi connectivity index (χ0v) is 16.5. The molecule has 1 aromatic carbocycles. The molecule has 0 unspecified atom stereocenters. The molecular weight excluding hydrogens is 356 g/mol. The molecule has 0 radical (unpaired) electrons. The second kappa shape index (κ2) is 7.68. The first kappa shape index (κ1) is 18.7. The van der Waals surface area contributed by atoms with E-state index in [-0.39, 0.29) is 5.91 Å². The van der Waals surface area contributed by atoms with Crippen LogP contribution in [0.1, 0.15) is 31.2 Å². The van der Waals surface area contributed by atoms with Gasteiger partial charge >= 0.3 is 0 Å². The number of sulfonamides is 1. The highest BCUT2D eigenvalue weighted by Gasteiger charge is 2.39. The Bertz CT molecular complexity index is 728. The SMILES string of the molecule is Cc1ccccc1SC1CCN(C(=O)[C@@H]2CCCN2S(C)(=O)=O)CC1. The Labute approximate surface area is 154 Å². The van der Waals surface area contributed by atoms with E-state index in [2.05, 4.69) is 31.2 Å². The maximum Gasteiger partial charge on any atom is 0.241 e. The minimum absolute atomic E-state index is 0.0118. The van der Waals surface area contributed by atoms with Gasteiger partial charge in [-0.25, -0.2) is 8.42 Å². The number of hydrogen-bond acceptors (Lipinski definition) is 4. The fraction of sp³-hybridized carbons (Fsp3) is 0.611. The quantitative estimate of drug-likeness (QED) is 0.803. The van der Waals surface area contributed by atoms with Crippen LogP contribution >= 0.6 is 11.8 Å². The monoisotopic (exact) mass is 382 g/mol. The summed E-state index contributed by atoms with van der Waals surface area (Å²) >= 11 is 1.90. The minimum Gasteiger partial charge on any atom is -0.341 e. The molecule has 138 valence electrons. The second-order valence-electron chi connectivity index (χ2n) is 6.94. The summed E-state index contributed by atoms with van der Waals surface area (Å²) in [6.45, 7) is 4.03. The van der Waals surface area contributed by atoms with Crippen molar-refractivity contribution < 1.29 is 13.2 Å². The highest BCUT2D eigenvalue weighted by Crippen LogP contribution is 2.33. The van der Waals surface area contributed by atoms with Gasteiger partial charge in [0.2, 0.25) is 15.9 Å². The molecule has 2 aliphatic rings. The smallest absolute Gasteiger partial charge is 0.241 e. The standard InChI is InChI=1S/C18H26N2O3S2/c1-14-6-3-4-8-17(14)24-15-9-12-19(13-10-15)18(21)16-7-5-11-20(16)25(2,22)23/h3-4,6,8,15-16H,5,7,9-13H2,1-2H3/t16-/m0/s1. The highest BCUT2D eigenvalue weighted by atomic mass is 32.2. The lowest BCUT2D eigenvalue weighted by Gasteiger charge is -2.35. The first-order valence-electron chi connectivity index (χ1n) is 8.84. The van der Waals surface area contributed by atoms with Crippen molar-refractivity contribution in [1.29, 1.82) is 0 Å². The van der Waals surface area contributed by atoms with Gasteiger partial charge in [-0.2, -0.15) is 4.31 Å². The molecule has 2 aliphatic heterocycles. The molecule has 0 spiro atoms. The number of hydrogen-bond donors (Lipinski definition) is 0. The van der Waals surface area contributed by atoms with E-state index >= 15 is 0 Å². The van der Waals surface area contributed by atoms with Gasteiger partial charge in [0.25, 0.3) is 0 Å². The maximum absolute atomic E-state index is 12.8. The first-order chi connectivity index (χ1) is 11.9. The number of aryl methyl sites for hydroxylation is 1. The molecule has 0 bridgehead atoms. The zero-order chi connectivity index (χ0) is 18.0. The molecular formula is C18H26N2O3S2. The number of piperidine rings is 1. The third-order valence-electron chi connectivity index (χ3n) is 5.06. The van der Waals surface area contributed by atoms with E-state index in [4.69, 9.17) is 0 Å². The predicted molar refractivity (Wildman–Crippen MR) is 101 cm³/mol. The van der Waals surface area contributed by atoms with E-state index in [1.165, 1.54) is 21.0 Å². The Morgan fingerprint density at radius 1 is 1.12 bits per heavy atom. The summed E-state index contributed by atoms with van der Waals surface area (Å²) in [7, 11) is -3.31. The lowest BCUT2D eigenvalue weighted by atomic mass is 10.1. The van der Waals surface area contributed by atoms with E-state index in [0.29, 0.717) is 18.2 Å². The predicted octanol–water partition coefficient (Wildman–Crippen LogP) is 2.50. The number of likely N-dealkylation sites (tertiary alicyclic amines) is 1. The van der Waals surface area contributed by atoms with Gasteiger partial charge in [-0.1, -0.05) is 18.2 Å². The van der Waals surface area contributed by atoms with Gasteiger partial charge in [0, 0.05) is 29.8 Å². The molecule has 2 heterocycles. The van der Waals surface area contributed by atoms with E-state index in [9.17, 15) is 13.2 Å². The van der Waals surface area contributed by atoms with Crippen LogP contribution in [0, 0.1) is 6.92 Å². The molecule has 0 saturated carbocycles. The van der Waals surface area contributed by atoms with Crippen LogP contribution < -0.4 is 0 Å². The van der Waals surface area contributed by atoms with Crippen molar-refractivity contribution in [1.82, 2.24) is 9.21 Å². The highest BCUT2D eigenvalue weighted by molar-refractivity contribution is 8.00. The zero-order valence-electron chi connectivity index (χ0n) is 14.8. The number of rotatable bonds is 4. The Balaban J connectivity index is 1.57. The van der Waals surface area contributed by atoms with Crippen molar-refractivity contribution in [3.05, 3.63) is 29.8 Å². The average molecular weight is 383 g/mol. The van der Waals surface area contributed by atoms with Crippen molar-refractivity contribution in [3.8, 4) is 0 Å². The van der Waals surface area contributed by atoms with Crippen LogP contribution in [-0.4, -0.2) is 60.7 Å². The van der Waals surface area contributed by atoms with Gasteiger partial charge in [-0.15, -0.1) is 11.8 Å². The van der Waals surface area contributed by atoms with Crippen LogP contribution in [0.3, 0.4) is 0 Å². The molecule has 0 aromatic heterocycles. The molecule has 1 amide bonds. The number of carbonyl (C=O) groups is 1. The van der Waals surface area contributed by atoms with Gasteiger partial charge in [0.05, 0.1) is 6.26 Å². The normalized spacial score (nSPS) is 23.1. The fourth-order valence-electron chi connectivity index (χ4n) is 3.66. The molecule has 0 aliphatic carbocycles. The summed E-state index contributed by atoms with van der Waals surface area (Å²) in [5.74, 6) is -0.0118. The van der Waals surface area contributed by atoms with Gasteiger partial charge < -0.3 is 4.90 Å². The summed E-state index contributed by atoms with van der Waals surface area (Å²) in [4.78, 5) is 16.0. The van der Waals surface area contributed by atoms with E-state index in [1.807, 2.05) is 16.7 Å². The minimum atomic E-state index is -3.31. The van der Waals surface area contributed by atoms with E-state index in [1.54, 1.807) is 0 Å². The molecule has 5 nitrogen and oxygen atoms in total. The lowest BCUT2D eigenvalue weighted by Crippen LogP contribution is -2.50. The third-order valence-corrected chi connectivity index (χ3v) is 7.86. The number of carbonyl (C=O) groups excluding carboxylic acids is 1. The Hall–Kier alpha value is -1.05. The van der Waals surface area contributed by atoms with Crippen molar-refractivity contribution in [2.75, 3.05) is 25.9 Å². The Kier molecular flexibility index (Phi) is 5.75. The molecule has 1 aromatic rings. The summed E-state index contributed by atoms with van der Waals surface area (Å²) < 4.78 is 25.1. The molecule has 25 heavy (non-hydrogen) atoms. The maximum atomic E-state index is 12.8. The molecule has 7 heteroatoms. The van der Waals surface area contributed by atoms with Crippen LogP contribution in [0.2, 0.25) is 0 Å². The summed E-state index contributed by atoms with van der Waals surface area (Å²) in [6, 6.07) is 7.90. The van der Waals surface area contributed by atoms with Crippen molar-refractivity contribution in [3.63, 3.8) is 0 Å². The molecule has 0 N–H and O–H groups in total. The van der Waals surface area contributed by atoms with Crippen molar-refractivity contribution in [2.24, 2.45) is 0 Å². The summed E-state index contributed by atoms with van der Waals surface area (Å²) in [6.07, 6.45) is 4.52. The van der Waals surface area contributed by atoms with E-state index < -0.39 is 16.1 Å². The van der Waals surface area contributed by atoms with Crippen molar-refractivity contribution >= 4 is 27.7 Å². The first-order valence-corrected chi connectivity index (χ1v) is 11.6. The van der Waals surface area contributed by atoms with Crippen LogP contribution in [0.5, 0.6) is 0 Å². The summed E-state index contributed by atoms with van der Waals surface area (Å²) in [5, 5.41) is 0.514. The van der Waals surface area contributed by atoms with Gasteiger partial charge in [-0.05, 0) is 44.2 Å². The number of amides is 1. The summed E-state index contributed by atoms with van der Waals surface area (Å²) in [5.41, 5.74) is 1.29. The van der Waals surface area contributed by atoms with Crippen molar-refractivity contribution in [2.45, 2.75) is 48.8 Å². The largest absolute Gasteiger partial charge is 0.341 e. The average Bonchev–Trinajstić information content (AvgIpc) is 3.07. The number of thioether (sulfide) groups is 1. The number of benzene rings is 1. The molecule has 3 rings (SSSR count). The Morgan fingerprint density at radius 2 is 1.80 bits per heavy atom. The topological polar surface area (TPSA) is 57.7 Å². The third kappa shape index (κ3) is 4.38. The van der Waals surface area contributed by atoms with Crippen LogP contribution in [0.4, 0.5) is 0 Å². The van der Waals surface area contributed by atoms with Crippen LogP contribution in [-0.2, 0) is 14.8 Å². The second-order valence-corrected chi connectivity index (χ2v) is 10.2. The van der Waals surface area contributed by atoms with Crippen LogP contribution in [0.15, 0.2) is 29.2 Å². The fourth-order valence-corrected chi connectivity index (χ4v) is 5.99. The molecule has 2 fully saturated rings. The van der Waals surface area contributed by atoms with Gasteiger partial charge in [0.15, 0.2) is 0 Å².